The smallest absolute Gasteiger partial charge is 0.228 e. The Balaban J connectivity index is 1.25. The van der Waals surface area contributed by atoms with E-state index in [0.717, 1.165) is 55.8 Å². The summed E-state index contributed by atoms with van der Waals surface area (Å²) in [6, 6.07) is 1.12. The predicted octanol–water partition coefficient (Wildman–Crippen LogP) is 1.56. The number of nitrogens with zero attached hydrogens (tertiary/aromatic N) is 3. The third-order valence-corrected chi connectivity index (χ3v) is 6.06. The summed E-state index contributed by atoms with van der Waals surface area (Å²) in [5.74, 6) is 0.187. The van der Waals surface area contributed by atoms with Gasteiger partial charge >= 0.3 is 0 Å². The Morgan fingerprint density at radius 2 is 2.04 bits per heavy atom. The van der Waals surface area contributed by atoms with E-state index in [1.54, 1.807) is 4.90 Å². The number of carbonyl (C=O) groups is 2. The molecular weight excluding hydrogens is 324 g/mol. The molecule has 4 rings (SSSR count). The molecule has 7 heteroatoms. The van der Waals surface area contributed by atoms with E-state index in [4.69, 9.17) is 0 Å². The molecule has 24 heavy (non-hydrogen) atoms. The first kappa shape index (κ1) is 16.0. The monoisotopic (exact) mass is 348 g/mol. The lowest BCUT2D eigenvalue weighted by Gasteiger charge is -2.32. The number of amides is 2. The topological polar surface area (TPSA) is 65.5 Å². The molecule has 0 aromatic carbocycles. The highest BCUT2D eigenvalue weighted by Crippen LogP contribution is 2.29. The van der Waals surface area contributed by atoms with E-state index in [-0.39, 0.29) is 11.8 Å². The summed E-state index contributed by atoms with van der Waals surface area (Å²) in [5.41, 5.74) is 0.766. The van der Waals surface area contributed by atoms with Crippen molar-refractivity contribution in [1.82, 2.24) is 15.2 Å². The number of hydrogen-bond donors (Lipinski definition) is 1. The Bertz CT molecular complexity index is 620. The standard InChI is InChI=1S/C17H24N4O2S/c22-15(18-12-5-8-20(9-6-12)14-3-4-14)10-13-11-24-17(19-13)21-7-1-2-16(21)23/h11-12,14H,1-10H2,(H,18,22). The van der Waals surface area contributed by atoms with E-state index in [1.165, 1.54) is 24.2 Å². The second kappa shape index (κ2) is 6.80. The molecule has 1 aromatic heterocycles. The van der Waals surface area contributed by atoms with Gasteiger partial charge in [-0.15, -0.1) is 11.3 Å². The zero-order valence-electron chi connectivity index (χ0n) is 13.9. The number of hydrogen-bond acceptors (Lipinski definition) is 5. The summed E-state index contributed by atoms with van der Waals surface area (Å²) in [4.78, 5) is 32.8. The van der Waals surface area contributed by atoms with Gasteiger partial charge in [-0.05, 0) is 32.1 Å². The van der Waals surface area contributed by atoms with E-state index in [0.29, 0.717) is 18.9 Å². The van der Waals surface area contributed by atoms with Gasteiger partial charge in [0.25, 0.3) is 0 Å². The van der Waals surface area contributed by atoms with Crippen molar-refractivity contribution in [3.63, 3.8) is 0 Å². The average molecular weight is 348 g/mol. The van der Waals surface area contributed by atoms with Crippen molar-refractivity contribution in [2.75, 3.05) is 24.5 Å². The normalized spacial score (nSPS) is 23.0. The number of carbonyl (C=O) groups excluding carboxylic acids is 2. The fourth-order valence-electron chi connectivity index (χ4n) is 3.64. The molecule has 130 valence electrons. The van der Waals surface area contributed by atoms with Gasteiger partial charge in [-0.3, -0.25) is 14.5 Å². The van der Waals surface area contributed by atoms with Gasteiger partial charge < -0.3 is 10.2 Å². The number of nitrogens with one attached hydrogen (secondary N) is 1. The van der Waals surface area contributed by atoms with Gasteiger partial charge in [0.1, 0.15) is 0 Å². The number of likely N-dealkylation sites (tertiary alicyclic amines) is 1. The Morgan fingerprint density at radius 3 is 2.71 bits per heavy atom. The first-order valence-corrected chi connectivity index (χ1v) is 9.85. The minimum Gasteiger partial charge on any atom is -0.353 e. The number of aromatic nitrogens is 1. The fraction of sp³-hybridized carbons (Fsp3) is 0.706. The van der Waals surface area contributed by atoms with Crippen LogP contribution >= 0.6 is 11.3 Å². The van der Waals surface area contributed by atoms with Gasteiger partial charge in [0.05, 0.1) is 12.1 Å². The number of thiazole rings is 1. The van der Waals surface area contributed by atoms with Crippen molar-refractivity contribution >= 4 is 28.3 Å². The van der Waals surface area contributed by atoms with E-state index in [1.807, 2.05) is 5.38 Å². The van der Waals surface area contributed by atoms with Crippen LogP contribution in [0.25, 0.3) is 0 Å². The van der Waals surface area contributed by atoms with Crippen molar-refractivity contribution < 1.29 is 9.59 Å². The van der Waals surface area contributed by atoms with Crippen LogP contribution in [-0.2, 0) is 16.0 Å². The zero-order valence-corrected chi connectivity index (χ0v) is 14.7. The van der Waals surface area contributed by atoms with Crippen LogP contribution in [0.5, 0.6) is 0 Å². The maximum atomic E-state index is 12.3. The molecule has 0 unspecified atom stereocenters. The molecular formula is C17H24N4O2S. The molecule has 0 radical (unpaired) electrons. The van der Waals surface area contributed by atoms with E-state index in [2.05, 4.69) is 15.2 Å². The molecule has 3 fully saturated rings. The number of anilines is 1. The summed E-state index contributed by atoms with van der Waals surface area (Å²) >= 11 is 1.46. The highest BCUT2D eigenvalue weighted by Gasteiger charge is 2.32. The molecule has 2 amide bonds. The van der Waals surface area contributed by atoms with Crippen molar-refractivity contribution in [3.05, 3.63) is 11.1 Å². The first-order valence-electron chi connectivity index (χ1n) is 8.97. The molecule has 0 bridgehead atoms. The third-order valence-electron chi connectivity index (χ3n) is 5.14. The minimum absolute atomic E-state index is 0.0458. The molecule has 0 atom stereocenters. The molecule has 1 saturated carbocycles. The minimum atomic E-state index is 0.0458. The van der Waals surface area contributed by atoms with Crippen LogP contribution in [0, 0.1) is 0 Å². The molecule has 3 heterocycles. The highest BCUT2D eigenvalue weighted by molar-refractivity contribution is 7.14. The van der Waals surface area contributed by atoms with Crippen molar-refractivity contribution in [2.24, 2.45) is 0 Å². The Labute approximate surface area is 146 Å². The molecule has 0 spiro atoms. The fourth-order valence-corrected chi connectivity index (χ4v) is 4.51. The van der Waals surface area contributed by atoms with E-state index in [9.17, 15) is 9.59 Å². The second-order valence-corrected chi connectivity index (χ2v) is 7.89. The van der Waals surface area contributed by atoms with Crippen LogP contribution in [0.4, 0.5) is 5.13 Å². The maximum Gasteiger partial charge on any atom is 0.228 e. The van der Waals surface area contributed by atoms with Gasteiger partial charge in [-0.2, -0.15) is 0 Å². The van der Waals surface area contributed by atoms with Crippen LogP contribution in [-0.4, -0.2) is 53.4 Å². The Hall–Kier alpha value is -1.47. The van der Waals surface area contributed by atoms with Crippen molar-refractivity contribution in [2.45, 2.75) is 57.0 Å². The Kier molecular flexibility index (Phi) is 4.54. The molecule has 6 nitrogen and oxygen atoms in total. The maximum absolute atomic E-state index is 12.3. The predicted molar refractivity (Wildman–Crippen MR) is 93.2 cm³/mol. The molecule has 1 aromatic rings. The van der Waals surface area contributed by atoms with Crippen LogP contribution in [0.15, 0.2) is 5.38 Å². The Morgan fingerprint density at radius 1 is 1.25 bits per heavy atom. The quantitative estimate of drug-likeness (QED) is 0.877. The summed E-state index contributed by atoms with van der Waals surface area (Å²) in [6.45, 7) is 2.96. The lowest BCUT2D eigenvalue weighted by molar-refractivity contribution is -0.121. The molecule has 3 aliphatic rings. The van der Waals surface area contributed by atoms with Gasteiger partial charge in [-0.1, -0.05) is 0 Å². The van der Waals surface area contributed by atoms with Gasteiger partial charge in [0.2, 0.25) is 11.8 Å². The molecule has 2 saturated heterocycles. The number of rotatable bonds is 5. The SMILES string of the molecule is O=C(Cc1csc(N2CCCC2=O)n1)NC1CCN(C2CC2)CC1. The largest absolute Gasteiger partial charge is 0.353 e. The van der Waals surface area contributed by atoms with Crippen molar-refractivity contribution in [3.8, 4) is 0 Å². The second-order valence-electron chi connectivity index (χ2n) is 7.06. The molecule has 2 aliphatic heterocycles. The summed E-state index contributed by atoms with van der Waals surface area (Å²) < 4.78 is 0. The zero-order chi connectivity index (χ0) is 16.5. The first-order chi connectivity index (χ1) is 11.7. The van der Waals surface area contributed by atoms with Crippen LogP contribution < -0.4 is 10.2 Å². The summed E-state index contributed by atoms with van der Waals surface area (Å²) in [5, 5.41) is 5.79. The van der Waals surface area contributed by atoms with Crippen LogP contribution in [0.3, 0.4) is 0 Å². The molecule has 1 N–H and O–H groups in total. The van der Waals surface area contributed by atoms with Gasteiger partial charge in [-0.25, -0.2) is 4.98 Å². The van der Waals surface area contributed by atoms with E-state index < -0.39 is 0 Å². The summed E-state index contributed by atoms with van der Waals surface area (Å²) in [6.07, 6.45) is 6.61. The summed E-state index contributed by atoms with van der Waals surface area (Å²) in [7, 11) is 0. The highest BCUT2D eigenvalue weighted by atomic mass is 32.1. The molecule has 1 aliphatic carbocycles. The van der Waals surface area contributed by atoms with Gasteiger partial charge in [0.15, 0.2) is 5.13 Å². The van der Waals surface area contributed by atoms with E-state index >= 15 is 0 Å². The third kappa shape index (κ3) is 3.62. The lowest BCUT2D eigenvalue weighted by Crippen LogP contribution is -2.45. The average Bonchev–Trinajstić information content (AvgIpc) is 3.18. The lowest BCUT2D eigenvalue weighted by atomic mass is 10.0. The van der Waals surface area contributed by atoms with Crippen LogP contribution in [0.1, 0.15) is 44.2 Å². The van der Waals surface area contributed by atoms with Gasteiger partial charge in [0, 0.05) is 43.5 Å². The van der Waals surface area contributed by atoms with Crippen LogP contribution in [0.2, 0.25) is 0 Å². The number of piperidine rings is 1. The van der Waals surface area contributed by atoms with Crippen molar-refractivity contribution in [1.29, 1.82) is 0 Å².